The summed E-state index contributed by atoms with van der Waals surface area (Å²) in [4.78, 5) is 8.35. The summed E-state index contributed by atoms with van der Waals surface area (Å²) in [6.45, 7) is 2.91. The third-order valence-corrected chi connectivity index (χ3v) is 3.54. The van der Waals surface area contributed by atoms with E-state index in [4.69, 9.17) is 15.3 Å². The number of hydrogen-bond acceptors (Lipinski definition) is 5. The van der Waals surface area contributed by atoms with Crippen LogP contribution >= 0.6 is 0 Å². The van der Waals surface area contributed by atoms with Gasteiger partial charge in [-0.3, -0.25) is 0 Å². The van der Waals surface area contributed by atoms with Gasteiger partial charge in [0.1, 0.15) is 12.0 Å². The number of nitrogens with zero attached hydrogens (tertiary/aromatic N) is 3. The average molecular weight is 293 g/mol. The minimum Gasteiger partial charge on any atom is -0.396 e. The molecule has 0 aromatic carbocycles. The van der Waals surface area contributed by atoms with E-state index in [-0.39, 0.29) is 0 Å². The number of rotatable bonds is 2. The quantitative estimate of drug-likeness (QED) is 0.729. The normalized spacial score (nSPS) is 22.1. The predicted octanol–water partition coefficient (Wildman–Crippen LogP) is 1.47. The van der Waals surface area contributed by atoms with Crippen molar-refractivity contribution >= 4 is 11.0 Å². The van der Waals surface area contributed by atoms with E-state index < -0.39 is 5.79 Å². The van der Waals surface area contributed by atoms with Gasteiger partial charge >= 0.3 is 0 Å². The number of fused-ring (bicyclic) bond motifs is 1. The van der Waals surface area contributed by atoms with E-state index in [1.165, 1.54) is 13.8 Å². The lowest BCUT2D eigenvalue weighted by Crippen LogP contribution is -2.15. The fraction of sp³-hybridized carbons (Fsp3) is 0.600. The molecule has 2 aromatic rings. The van der Waals surface area contributed by atoms with Gasteiger partial charge < -0.3 is 19.9 Å². The SMILES string of the molecule is CC(C)(O)O.OC[C@@H]1CC[C@H](n2ccc3cncnc32)C1. The molecule has 3 N–H and O–H groups in total. The summed E-state index contributed by atoms with van der Waals surface area (Å²) >= 11 is 0. The maximum atomic E-state index is 9.16. The highest BCUT2D eigenvalue weighted by Gasteiger charge is 2.26. The Labute approximate surface area is 124 Å². The molecular weight excluding hydrogens is 270 g/mol. The summed E-state index contributed by atoms with van der Waals surface area (Å²) in [6, 6.07) is 2.55. The Morgan fingerprint density at radius 2 is 2.05 bits per heavy atom. The average Bonchev–Trinajstić information content (AvgIpc) is 3.02. The molecule has 2 atom stereocenters. The van der Waals surface area contributed by atoms with Gasteiger partial charge in [0.15, 0.2) is 5.79 Å². The standard InChI is InChI=1S/C12H15N3O.C3H8O2/c16-7-9-1-2-11(5-9)15-4-3-10-6-13-8-14-12(10)15;1-3(2,4)5/h3-4,6,8-9,11,16H,1-2,5,7H2;4-5H,1-2H3/t9-,11+;/m1./s1. The minimum absolute atomic E-state index is 0.310. The molecule has 0 amide bonds. The van der Waals surface area contributed by atoms with Gasteiger partial charge in [0, 0.05) is 30.4 Å². The van der Waals surface area contributed by atoms with Crippen molar-refractivity contribution in [1.29, 1.82) is 0 Å². The van der Waals surface area contributed by atoms with Crippen molar-refractivity contribution in [3.8, 4) is 0 Å². The molecule has 1 aliphatic rings. The summed E-state index contributed by atoms with van der Waals surface area (Å²) < 4.78 is 2.23. The van der Waals surface area contributed by atoms with Crippen molar-refractivity contribution in [3.63, 3.8) is 0 Å². The van der Waals surface area contributed by atoms with E-state index in [2.05, 4.69) is 26.8 Å². The Hall–Kier alpha value is -1.50. The van der Waals surface area contributed by atoms with Crippen LogP contribution in [0.5, 0.6) is 0 Å². The summed E-state index contributed by atoms with van der Waals surface area (Å²) in [5, 5.41) is 26.4. The van der Waals surface area contributed by atoms with Crippen LogP contribution in [-0.4, -0.2) is 42.2 Å². The monoisotopic (exact) mass is 293 g/mol. The Kier molecular flexibility index (Phi) is 4.92. The van der Waals surface area contributed by atoms with Crippen LogP contribution in [0.3, 0.4) is 0 Å². The van der Waals surface area contributed by atoms with Crippen LogP contribution in [0, 0.1) is 5.92 Å². The smallest absolute Gasteiger partial charge is 0.156 e. The highest BCUT2D eigenvalue weighted by atomic mass is 16.5. The molecule has 21 heavy (non-hydrogen) atoms. The van der Waals surface area contributed by atoms with Crippen LogP contribution in [0.15, 0.2) is 24.8 Å². The third kappa shape index (κ3) is 4.49. The molecule has 1 fully saturated rings. The molecule has 0 spiro atoms. The lowest BCUT2D eigenvalue weighted by Gasteiger charge is -2.13. The fourth-order valence-electron chi connectivity index (χ4n) is 2.66. The number of aliphatic hydroxyl groups is 3. The van der Waals surface area contributed by atoms with E-state index in [1.807, 2.05) is 6.20 Å². The molecule has 0 saturated heterocycles. The topological polar surface area (TPSA) is 91.4 Å². The van der Waals surface area contributed by atoms with Crippen LogP contribution in [0.2, 0.25) is 0 Å². The molecule has 1 aliphatic carbocycles. The predicted molar refractivity (Wildman–Crippen MR) is 79.5 cm³/mol. The fourth-order valence-corrected chi connectivity index (χ4v) is 2.66. The Bertz CT molecular complexity index is 571. The molecule has 1 saturated carbocycles. The minimum atomic E-state index is -1.50. The molecule has 2 aromatic heterocycles. The van der Waals surface area contributed by atoms with Crippen molar-refractivity contribution in [2.45, 2.75) is 44.9 Å². The summed E-state index contributed by atoms with van der Waals surface area (Å²) in [7, 11) is 0. The van der Waals surface area contributed by atoms with Crippen LogP contribution in [0.25, 0.3) is 11.0 Å². The van der Waals surface area contributed by atoms with E-state index in [0.717, 1.165) is 30.3 Å². The Morgan fingerprint density at radius 1 is 1.33 bits per heavy atom. The summed E-state index contributed by atoms with van der Waals surface area (Å²) in [6.07, 6.45) is 8.84. The number of aromatic nitrogens is 3. The lowest BCUT2D eigenvalue weighted by atomic mass is 10.1. The second kappa shape index (κ2) is 6.51. The molecule has 3 rings (SSSR count). The summed E-state index contributed by atoms with van der Waals surface area (Å²) in [5.74, 6) is -1.04. The first kappa shape index (κ1) is 15.9. The highest BCUT2D eigenvalue weighted by molar-refractivity contribution is 5.74. The third-order valence-electron chi connectivity index (χ3n) is 3.54. The highest BCUT2D eigenvalue weighted by Crippen LogP contribution is 2.35. The van der Waals surface area contributed by atoms with Crippen molar-refractivity contribution < 1.29 is 15.3 Å². The van der Waals surface area contributed by atoms with E-state index >= 15 is 0 Å². The largest absolute Gasteiger partial charge is 0.396 e. The van der Waals surface area contributed by atoms with Gasteiger partial charge in [-0.05, 0) is 45.1 Å². The van der Waals surface area contributed by atoms with Crippen LogP contribution < -0.4 is 0 Å². The van der Waals surface area contributed by atoms with Crippen molar-refractivity contribution in [3.05, 3.63) is 24.8 Å². The molecule has 0 aliphatic heterocycles. The zero-order valence-corrected chi connectivity index (χ0v) is 12.5. The number of hydrogen-bond donors (Lipinski definition) is 3. The molecule has 0 bridgehead atoms. The van der Waals surface area contributed by atoms with E-state index in [1.54, 1.807) is 6.33 Å². The second-order valence-electron chi connectivity index (χ2n) is 6.03. The van der Waals surface area contributed by atoms with Gasteiger partial charge in [0.25, 0.3) is 0 Å². The Balaban J connectivity index is 0.000000282. The summed E-state index contributed by atoms with van der Waals surface area (Å²) in [5.41, 5.74) is 1.01. The molecular formula is C15H23N3O3. The van der Waals surface area contributed by atoms with Gasteiger partial charge in [-0.2, -0.15) is 0 Å². The first-order valence-electron chi connectivity index (χ1n) is 7.20. The molecule has 2 heterocycles. The molecule has 0 radical (unpaired) electrons. The van der Waals surface area contributed by atoms with Crippen molar-refractivity contribution in [2.24, 2.45) is 5.92 Å². The van der Waals surface area contributed by atoms with Gasteiger partial charge in [-0.25, -0.2) is 9.97 Å². The van der Waals surface area contributed by atoms with Gasteiger partial charge in [0.2, 0.25) is 0 Å². The first-order chi connectivity index (χ1) is 9.88. The zero-order chi connectivity index (χ0) is 15.5. The molecule has 116 valence electrons. The van der Waals surface area contributed by atoms with E-state index in [0.29, 0.717) is 18.6 Å². The number of aliphatic hydroxyl groups excluding tert-OH is 1. The van der Waals surface area contributed by atoms with Crippen LogP contribution in [0.1, 0.15) is 39.2 Å². The van der Waals surface area contributed by atoms with Gasteiger partial charge in [-0.1, -0.05) is 0 Å². The van der Waals surface area contributed by atoms with Crippen LogP contribution in [0.4, 0.5) is 0 Å². The van der Waals surface area contributed by atoms with Crippen LogP contribution in [-0.2, 0) is 0 Å². The van der Waals surface area contributed by atoms with Gasteiger partial charge in [0.05, 0.1) is 0 Å². The zero-order valence-electron chi connectivity index (χ0n) is 12.5. The molecule has 0 unspecified atom stereocenters. The maximum absolute atomic E-state index is 9.16. The maximum Gasteiger partial charge on any atom is 0.156 e. The van der Waals surface area contributed by atoms with E-state index in [9.17, 15) is 0 Å². The molecule has 6 nitrogen and oxygen atoms in total. The first-order valence-corrected chi connectivity index (χ1v) is 7.20. The Morgan fingerprint density at radius 3 is 2.67 bits per heavy atom. The molecule has 6 heteroatoms. The lowest BCUT2D eigenvalue weighted by molar-refractivity contribution is -0.127. The van der Waals surface area contributed by atoms with Crippen molar-refractivity contribution in [1.82, 2.24) is 14.5 Å². The van der Waals surface area contributed by atoms with Gasteiger partial charge in [-0.15, -0.1) is 0 Å². The second-order valence-corrected chi connectivity index (χ2v) is 6.03. The van der Waals surface area contributed by atoms with Crippen molar-refractivity contribution in [2.75, 3.05) is 6.61 Å².